The predicted octanol–water partition coefficient (Wildman–Crippen LogP) is 1.73. The molecule has 0 saturated carbocycles. The zero-order valence-electron chi connectivity index (χ0n) is 12.0. The topological polar surface area (TPSA) is 62.4 Å². The summed E-state index contributed by atoms with van der Waals surface area (Å²) in [4.78, 5) is 28.5. The van der Waals surface area contributed by atoms with E-state index in [2.05, 4.69) is 17.1 Å². The van der Waals surface area contributed by atoms with Gasteiger partial charge in [-0.1, -0.05) is 18.2 Å². The largest absolute Gasteiger partial charge is 0.469 e. The number of aromatic amines is 1. The molecule has 0 bridgehead atoms. The van der Waals surface area contributed by atoms with Crippen LogP contribution in [0.3, 0.4) is 0 Å². The average molecular weight is 286 g/mol. The molecule has 1 fully saturated rings. The Morgan fingerprint density at radius 2 is 2.24 bits per heavy atom. The summed E-state index contributed by atoms with van der Waals surface area (Å²) in [6, 6.07) is 10.2. The van der Waals surface area contributed by atoms with Gasteiger partial charge in [0.15, 0.2) is 0 Å². The molecule has 1 unspecified atom stereocenters. The van der Waals surface area contributed by atoms with Crippen molar-refractivity contribution in [3.63, 3.8) is 0 Å². The zero-order chi connectivity index (χ0) is 14.8. The van der Waals surface area contributed by atoms with E-state index in [0.717, 1.165) is 17.6 Å². The smallest absolute Gasteiger partial charge is 0.310 e. The first-order valence-electron chi connectivity index (χ1n) is 7.09. The van der Waals surface area contributed by atoms with E-state index < -0.39 is 0 Å². The first kappa shape index (κ1) is 13.7. The number of aromatic nitrogens is 1. The van der Waals surface area contributed by atoms with Gasteiger partial charge in [0.2, 0.25) is 5.91 Å². The van der Waals surface area contributed by atoms with Crippen LogP contribution in [-0.2, 0) is 20.7 Å². The summed E-state index contributed by atoms with van der Waals surface area (Å²) in [7, 11) is 1.36. The van der Waals surface area contributed by atoms with Crippen LogP contribution < -0.4 is 0 Å². The number of benzene rings is 1. The summed E-state index contributed by atoms with van der Waals surface area (Å²) in [5, 5.41) is 1.17. The summed E-state index contributed by atoms with van der Waals surface area (Å²) < 4.78 is 4.71. The lowest BCUT2D eigenvalue weighted by Gasteiger charge is -2.15. The Hall–Kier alpha value is -2.30. The number of H-pyrrole nitrogens is 1. The number of para-hydroxylation sites is 1. The lowest BCUT2D eigenvalue weighted by atomic mass is 10.1. The molecule has 1 saturated heterocycles. The van der Waals surface area contributed by atoms with E-state index in [4.69, 9.17) is 4.74 Å². The van der Waals surface area contributed by atoms with Gasteiger partial charge in [0.25, 0.3) is 0 Å². The minimum absolute atomic E-state index is 0.0292. The molecule has 1 N–H and O–H groups in total. The van der Waals surface area contributed by atoms with E-state index >= 15 is 0 Å². The van der Waals surface area contributed by atoms with Crippen molar-refractivity contribution in [2.75, 3.05) is 20.2 Å². The van der Waals surface area contributed by atoms with Crippen molar-refractivity contribution < 1.29 is 14.3 Å². The number of rotatable bonds is 4. The monoisotopic (exact) mass is 286 g/mol. The second-order valence-electron chi connectivity index (χ2n) is 5.40. The number of nitrogens with zero attached hydrogens (tertiary/aromatic N) is 1. The summed E-state index contributed by atoms with van der Waals surface area (Å²) in [5.74, 6) is -0.580. The van der Waals surface area contributed by atoms with Crippen LogP contribution in [0.1, 0.15) is 12.1 Å². The van der Waals surface area contributed by atoms with Crippen LogP contribution in [0.2, 0.25) is 0 Å². The van der Waals surface area contributed by atoms with Crippen LogP contribution in [0.4, 0.5) is 0 Å². The molecule has 110 valence electrons. The third kappa shape index (κ3) is 2.77. The third-order valence-electron chi connectivity index (χ3n) is 3.99. The molecule has 3 rings (SSSR count). The second kappa shape index (κ2) is 5.60. The molecule has 5 nitrogen and oxygen atoms in total. The van der Waals surface area contributed by atoms with Crippen molar-refractivity contribution in [1.82, 2.24) is 9.88 Å². The quantitative estimate of drug-likeness (QED) is 0.871. The molecule has 1 aromatic heterocycles. The maximum atomic E-state index is 11.9. The molecule has 0 aliphatic carbocycles. The number of ether oxygens (including phenoxy) is 1. The molecule has 2 aromatic rings. The molecule has 1 aliphatic rings. The number of methoxy groups -OCH3 is 1. The number of carbonyl (C=O) groups excluding carboxylic acids is 2. The molecule has 0 spiro atoms. The number of carbonyl (C=O) groups is 2. The predicted molar refractivity (Wildman–Crippen MR) is 78.7 cm³/mol. The van der Waals surface area contributed by atoms with E-state index in [9.17, 15) is 9.59 Å². The summed E-state index contributed by atoms with van der Waals surface area (Å²) in [5.41, 5.74) is 2.21. The fourth-order valence-electron chi connectivity index (χ4n) is 2.84. The fourth-order valence-corrected chi connectivity index (χ4v) is 2.84. The third-order valence-corrected chi connectivity index (χ3v) is 3.99. The molecular formula is C16H18N2O3. The molecule has 1 aliphatic heterocycles. The van der Waals surface area contributed by atoms with Crippen molar-refractivity contribution >= 4 is 22.8 Å². The van der Waals surface area contributed by atoms with Gasteiger partial charge in [-0.15, -0.1) is 0 Å². The van der Waals surface area contributed by atoms with Gasteiger partial charge in [-0.25, -0.2) is 0 Å². The Balaban J connectivity index is 1.62. The number of amides is 1. The van der Waals surface area contributed by atoms with E-state index in [1.807, 2.05) is 18.2 Å². The van der Waals surface area contributed by atoms with Crippen LogP contribution in [0.5, 0.6) is 0 Å². The highest BCUT2D eigenvalue weighted by Crippen LogP contribution is 2.20. The summed E-state index contributed by atoms with van der Waals surface area (Å²) in [6.45, 7) is 1.09. The second-order valence-corrected chi connectivity index (χ2v) is 5.40. The summed E-state index contributed by atoms with van der Waals surface area (Å²) in [6.07, 6.45) is 1.02. The van der Waals surface area contributed by atoms with Gasteiger partial charge < -0.3 is 14.6 Å². The Bertz CT molecular complexity index is 644. The van der Waals surface area contributed by atoms with E-state index in [1.165, 1.54) is 12.5 Å². The number of esters is 1. The van der Waals surface area contributed by atoms with Crippen molar-refractivity contribution in [3.8, 4) is 0 Å². The Labute approximate surface area is 122 Å². The van der Waals surface area contributed by atoms with Crippen molar-refractivity contribution in [3.05, 3.63) is 36.0 Å². The highest BCUT2D eigenvalue weighted by molar-refractivity contribution is 5.86. The van der Waals surface area contributed by atoms with Gasteiger partial charge in [-0.3, -0.25) is 9.59 Å². The normalized spacial score (nSPS) is 18.4. The first-order valence-corrected chi connectivity index (χ1v) is 7.09. The standard InChI is InChI=1S/C16H18N2O3/c1-21-16(20)12-9-15(19)18(10-12)7-6-13-8-11-4-2-3-5-14(11)17-13/h2-5,8,12,17H,6-7,9-10H2,1H3. The van der Waals surface area contributed by atoms with Crippen LogP contribution >= 0.6 is 0 Å². The maximum Gasteiger partial charge on any atom is 0.310 e. The van der Waals surface area contributed by atoms with Crippen molar-refractivity contribution in [2.45, 2.75) is 12.8 Å². The summed E-state index contributed by atoms with van der Waals surface area (Å²) >= 11 is 0. The van der Waals surface area contributed by atoms with Gasteiger partial charge in [-0.2, -0.15) is 0 Å². The number of nitrogens with one attached hydrogen (secondary N) is 1. The Kier molecular flexibility index (Phi) is 3.64. The maximum absolute atomic E-state index is 11.9. The van der Waals surface area contributed by atoms with Gasteiger partial charge in [0.05, 0.1) is 13.0 Å². The van der Waals surface area contributed by atoms with Gasteiger partial charge in [0, 0.05) is 37.1 Å². The van der Waals surface area contributed by atoms with Crippen LogP contribution in [0.25, 0.3) is 10.9 Å². The lowest BCUT2D eigenvalue weighted by Crippen LogP contribution is -2.28. The molecule has 5 heteroatoms. The first-order chi connectivity index (χ1) is 10.2. The molecule has 21 heavy (non-hydrogen) atoms. The lowest BCUT2D eigenvalue weighted by molar-refractivity contribution is -0.145. The van der Waals surface area contributed by atoms with Crippen molar-refractivity contribution in [2.24, 2.45) is 5.92 Å². The number of hydrogen-bond donors (Lipinski definition) is 1. The molecule has 2 heterocycles. The fraction of sp³-hybridized carbons (Fsp3) is 0.375. The minimum Gasteiger partial charge on any atom is -0.469 e. The molecule has 1 aromatic carbocycles. The molecule has 0 radical (unpaired) electrons. The van der Waals surface area contributed by atoms with E-state index in [0.29, 0.717) is 13.1 Å². The van der Waals surface area contributed by atoms with E-state index in [-0.39, 0.29) is 24.2 Å². The molecule has 1 atom stereocenters. The van der Waals surface area contributed by atoms with Crippen LogP contribution in [0.15, 0.2) is 30.3 Å². The van der Waals surface area contributed by atoms with Crippen LogP contribution in [0, 0.1) is 5.92 Å². The van der Waals surface area contributed by atoms with E-state index in [1.54, 1.807) is 4.90 Å². The van der Waals surface area contributed by atoms with Gasteiger partial charge >= 0.3 is 5.97 Å². The Morgan fingerprint density at radius 1 is 1.43 bits per heavy atom. The highest BCUT2D eigenvalue weighted by Gasteiger charge is 2.34. The number of hydrogen-bond acceptors (Lipinski definition) is 3. The van der Waals surface area contributed by atoms with Crippen LogP contribution in [-0.4, -0.2) is 42.0 Å². The number of fused-ring (bicyclic) bond motifs is 1. The minimum atomic E-state index is -0.315. The average Bonchev–Trinajstić information content (AvgIpc) is 3.07. The molecular weight excluding hydrogens is 268 g/mol. The van der Waals surface area contributed by atoms with Gasteiger partial charge in [-0.05, 0) is 17.5 Å². The Morgan fingerprint density at radius 3 is 3.00 bits per heavy atom. The zero-order valence-corrected chi connectivity index (χ0v) is 12.0. The van der Waals surface area contributed by atoms with Gasteiger partial charge in [0.1, 0.15) is 0 Å². The molecule has 1 amide bonds. The SMILES string of the molecule is COC(=O)C1CC(=O)N(CCc2cc3ccccc3[nH]2)C1. The van der Waals surface area contributed by atoms with Crippen molar-refractivity contribution in [1.29, 1.82) is 0 Å². The highest BCUT2D eigenvalue weighted by atomic mass is 16.5. The number of likely N-dealkylation sites (tertiary alicyclic amines) is 1.